The fourth-order valence-electron chi connectivity index (χ4n) is 14.4. The molecule has 0 spiro atoms. The molecule has 60 heavy (non-hydrogen) atoms. The molecule has 10 fully saturated rings. The minimum absolute atomic E-state index is 0.605. The molecule has 8 atom stereocenters. The highest BCUT2D eigenvalue weighted by molar-refractivity contribution is 7.80. The Labute approximate surface area is 375 Å². The predicted octanol–water partition coefficient (Wildman–Crippen LogP) is 15.2. The summed E-state index contributed by atoms with van der Waals surface area (Å²) >= 11 is 5.08. The van der Waals surface area contributed by atoms with E-state index in [1.54, 1.807) is 38.5 Å². The van der Waals surface area contributed by atoms with Crippen molar-refractivity contribution >= 4 is 17.3 Å². The molecule has 342 valence electrons. The minimum atomic E-state index is 0.605. The quantitative estimate of drug-likeness (QED) is 0.174. The highest BCUT2D eigenvalue weighted by Crippen LogP contribution is 2.61. The van der Waals surface area contributed by atoms with Crippen LogP contribution in [0.2, 0.25) is 0 Å². The number of benzene rings is 1. The monoisotopic (exact) mass is 849 g/mol. The van der Waals surface area contributed by atoms with E-state index in [1.165, 1.54) is 115 Å². The van der Waals surface area contributed by atoms with Crippen LogP contribution in [-0.2, 0) is 25.4 Å². The zero-order valence-electron chi connectivity index (χ0n) is 39.6. The third-order valence-corrected chi connectivity index (χ3v) is 17.1. The van der Waals surface area contributed by atoms with Crippen LogP contribution in [0, 0.1) is 58.7 Å². The first kappa shape index (κ1) is 48.4. The second kappa shape index (κ2) is 25.5. The van der Waals surface area contributed by atoms with Gasteiger partial charge in [-0.05, 0) is 205 Å². The summed E-state index contributed by atoms with van der Waals surface area (Å²) < 4.78 is 22.7. The highest BCUT2D eigenvalue weighted by atomic mass is 32.1. The van der Waals surface area contributed by atoms with E-state index in [0.29, 0.717) is 23.4 Å². The fraction of sp³-hybridized carbons (Fsp3) is 0.873. The van der Waals surface area contributed by atoms with E-state index in [9.17, 15) is 0 Å². The Morgan fingerprint density at radius 1 is 0.533 bits per heavy atom. The summed E-state index contributed by atoms with van der Waals surface area (Å²) in [5.41, 5.74) is 2.05. The molecule has 1 aromatic rings. The third-order valence-electron chi connectivity index (χ3n) is 16.8. The Morgan fingerprint density at radius 2 is 1.15 bits per heavy atom. The number of hydrogen-bond donors (Lipinski definition) is 0. The number of rotatable bonds is 14. The van der Waals surface area contributed by atoms with Crippen LogP contribution in [0.1, 0.15) is 201 Å². The third kappa shape index (κ3) is 14.2. The van der Waals surface area contributed by atoms with Gasteiger partial charge < -0.3 is 18.9 Å². The van der Waals surface area contributed by atoms with E-state index in [1.807, 2.05) is 18.2 Å². The van der Waals surface area contributed by atoms with Crippen molar-refractivity contribution in [1.82, 2.24) is 0 Å². The van der Waals surface area contributed by atoms with Crippen molar-refractivity contribution in [3.8, 4) is 0 Å². The number of thiocarbonyl (C=S) groups is 1. The minimum Gasteiger partial charge on any atom is -0.487 e. The normalized spacial score (nSPS) is 36.2. The van der Waals surface area contributed by atoms with Gasteiger partial charge in [0.2, 0.25) is 0 Å². The van der Waals surface area contributed by atoms with Crippen molar-refractivity contribution < 1.29 is 18.9 Å². The topological polar surface area (TPSA) is 36.9 Å². The molecule has 8 unspecified atom stereocenters. The van der Waals surface area contributed by atoms with Gasteiger partial charge in [-0.2, -0.15) is 0 Å². The smallest absolute Gasteiger partial charge is 0.164 e. The Morgan fingerprint density at radius 3 is 1.73 bits per heavy atom. The maximum Gasteiger partial charge on any atom is 0.164 e. The lowest BCUT2D eigenvalue weighted by molar-refractivity contribution is -0.0545. The molecule has 11 rings (SSSR count). The van der Waals surface area contributed by atoms with Gasteiger partial charge in [0, 0.05) is 26.2 Å². The lowest BCUT2D eigenvalue weighted by Gasteiger charge is -2.56. The van der Waals surface area contributed by atoms with E-state index < -0.39 is 0 Å². The van der Waals surface area contributed by atoms with Gasteiger partial charge in [-0.3, -0.25) is 0 Å². The molecule has 0 heterocycles. The summed E-state index contributed by atoms with van der Waals surface area (Å²) in [4.78, 5) is 0. The van der Waals surface area contributed by atoms with Crippen molar-refractivity contribution in [2.24, 2.45) is 58.7 Å². The summed E-state index contributed by atoms with van der Waals surface area (Å²) in [6.45, 7) is 14.7. The van der Waals surface area contributed by atoms with Gasteiger partial charge in [0.15, 0.2) is 5.05 Å². The van der Waals surface area contributed by atoms with Crippen LogP contribution in [0.25, 0.3) is 0 Å². The molecule has 10 saturated carbocycles. The molecule has 0 aromatic heterocycles. The molecule has 0 N–H and O–H groups in total. The molecule has 10 aliphatic rings. The summed E-state index contributed by atoms with van der Waals surface area (Å²) in [7, 11) is 0. The van der Waals surface area contributed by atoms with Crippen LogP contribution in [0.15, 0.2) is 30.3 Å². The number of ether oxygens (including phenoxy) is 4. The van der Waals surface area contributed by atoms with Gasteiger partial charge in [0.25, 0.3) is 0 Å². The molecule has 5 heteroatoms. The molecule has 0 amide bonds. The van der Waals surface area contributed by atoms with Crippen molar-refractivity contribution in [1.29, 1.82) is 0 Å². The molecule has 0 saturated heterocycles. The maximum atomic E-state index is 5.99. The highest BCUT2D eigenvalue weighted by Gasteiger charge is 2.54. The van der Waals surface area contributed by atoms with Crippen molar-refractivity contribution in [2.45, 2.75) is 220 Å². The molecular weight excluding hydrogens is 757 g/mol. The van der Waals surface area contributed by atoms with Crippen LogP contribution < -0.4 is 0 Å². The first-order valence-electron chi connectivity index (χ1n) is 26.4. The number of fused-ring (bicyclic) bond motifs is 7. The maximum absolute atomic E-state index is 5.99. The Bertz CT molecular complexity index is 1290. The van der Waals surface area contributed by atoms with Crippen LogP contribution in [0.3, 0.4) is 0 Å². The molecule has 1 aromatic carbocycles. The van der Waals surface area contributed by atoms with E-state index in [0.717, 1.165) is 104 Å². The Kier molecular flexibility index (Phi) is 20.6. The van der Waals surface area contributed by atoms with E-state index in [-0.39, 0.29) is 0 Å². The second-order valence-corrected chi connectivity index (χ2v) is 21.9. The SMILES string of the molecule is CCC12CC3CC(CC(C3)C1)C2.CCCOC(=S)Cc1ccccc1.CCCOC1CC2CC1C1CCCC21.CCCOC1CC2CCC1C2.CCCOC1CCCCC1. The molecule has 10 aliphatic carbocycles. The van der Waals surface area contributed by atoms with Gasteiger partial charge >= 0.3 is 0 Å². The van der Waals surface area contributed by atoms with Gasteiger partial charge in [-0.25, -0.2) is 0 Å². The van der Waals surface area contributed by atoms with Crippen LogP contribution in [0.4, 0.5) is 0 Å². The Hall–Kier alpha value is -1.01. The van der Waals surface area contributed by atoms with Crippen LogP contribution in [0.5, 0.6) is 0 Å². The lowest BCUT2D eigenvalue weighted by Crippen LogP contribution is -2.45. The zero-order valence-corrected chi connectivity index (χ0v) is 40.4. The molecule has 8 bridgehead atoms. The summed E-state index contributed by atoms with van der Waals surface area (Å²) in [6.07, 6.45) is 38.2. The van der Waals surface area contributed by atoms with Crippen molar-refractivity contribution in [2.75, 3.05) is 26.4 Å². The fourth-order valence-corrected chi connectivity index (χ4v) is 14.6. The standard InChI is InChI=1S/C13H22O.C12H20.C11H14OS.C10H18O.C9H18O/c1-2-6-14-13-8-9-7-12(13)11-5-3-4-10(9)11;1-2-12-6-9-3-10(7-12)5-11(4-9)8-12;1-2-8-12-11(13)9-10-6-4-3-5-7-10;1-2-5-11-10-7-8-3-4-9(10)6-8;1-2-8-10-9-6-4-3-5-7-9/h9-13H,2-8H2,1H3;9-11H,2-8H2,1H3;3-7H,2,8-9H2,1H3;8-10H,2-7H2,1H3;9H,2-8H2,1H3. The van der Waals surface area contributed by atoms with Crippen LogP contribution in [-0.4, -0.2) is 49.8 Å². The first-order valence-corrected chi connectivity index (χ1v) is 26.8. The summed E-state index contributed by atoms with van der Waals surface area (Å²) in [5.74, 6) is 9.60. The van der Waals surface area contributed by atoms with Gasteiger partial charge in [0.05, 0.1) is 24.9 Å². The van der Waals surface area contributed by atoms with Crippen LogP contribution >= 0.6 is 12.2 Å². The molecule has 4 nitrogen and oxygen atoms in total. The van der Waals surface area contributed by atoms with Crippen molar-refractivity contribution in [3.63, 3.8) is 0 Å². The molecule has 0 aliphatic heterocycles. The van der Waals surface area contributed by atoms with E-state index >= 15 is 0 Å². The van der Waals surface area contributed by atoms with E-state index in [2.05, 4.69) is 46.8 Å². The average Bonchev–Trinajstić information content (AvgIpc) is 4.13. The summed E-state index contributed by atoms with van der Waals surface area (Å²) in [6, 6.07) is 10.1. The average molecular weight is 849 g/mol. The molecular formula is C55H92O4S. The summed E-state index contributed by atoms with van der Waals surface area (Å²) in [5, 5.41) is 0.688. The van der Waals surface area contributed by atoms with Gasteiger partial charge in [-0.1, -0.05) is 97.1 Å². The zero-order chi connectivity index (χ0) is 42.2. The van der Waals surface area contributed by atoms with Gasteiger partial charge in [0.1, 0.15) is 0 Å². The van der Waals surface area contributed by atoms with Gasteiger partial charge in [-0.15, -0.1) is 0 Å². The largest absolute Gasteiger partial charge is 0.487 e. The Balaban J connectivity index is 0.000000126. The number of hydrogen-bond acceptors (Lipinski definition) is 5. The lowest BCUT2D eigenvalue weighted by atomic mass is 9.49. The second-order valence-electron chi connectivity index (χ2n) is 21.4. The molecule has 0 radical (unpaired) electrons. The van der Waals surface area contributed by atoms with E-state index in [4.69, 9.17) is 31.2 Å². The first-order chi connectivity index (χ1) is 29.3. The predicted molar refractivity (Wildman–Crippen MR) is 256 cm³/mol. The van der Waals surface area contributed by atoms with Crippen molar-refractivity contribution in [3.05, 3.63) is 35.9 Å².